The summed E-state index contributed by atoms with van der Waals surface area (Å²) in [6.07, 6.45) is 2.27. The van der Waals surface area contributed by atoms with Crippen LogP contribution in [0.5, 0.6) is 0 Å². The van der Waals surface area contributed by atoms with E-state index in [2.05, 4.69) is 19.2 Å². The Bertz CT molecular complexity index is 507. The van der Waals surface area contributed by atoms with Gasteiger partial charge in [-0.05, 0) is 24.1 Å². The SMILES string of the molecule is CCC(CC)CNc1ccc2c(c1)C(=O)N(C)C2=O. The lowest BCUT2D eigenvalue weighted by molar-refractivity contribution is 0.0693. The van der Waals surface area contributed by atoms with Gasteiger partial charge in [0.25, 0.3) is 11.8 Å². The molecule has 0 aromatic heterocycles. The minimum absolute atomic E-state index is 0.216. The third-order valence-corrected chi connectivity index (χ3v) is 3.84. The van der Waals surface area contributed by atoms with Crippen molar-refractivity contribution in [3.05, 3.63) is 29.3 Å². The van der Waals surface area contributed by atoms with Crippen LogP contribution >= 0.6 is 0 Å². The highest BCUT2D eigenvalue weighted by atomic mass is 16.2. The molecule has 1 aromatic rings. The van der Waals surface area contributed by atoms with Gasteiger partial charge in [0.2, 0.25) is 0 Å². The van der Waals surface area contributed by atoms with Crippen molar-refractivity contribution in [2.75, 3.05) is 18.9 Å². The summed E-state index contributed by atoms with van der Waals surface area (Å²) in [6, 6.07) is 5.38. The van der Waals surface area contributed by atoms with E-state index in [4.69, 9.17) is 0 Å². The van der Waals surface area contributed by atoms with Crippen LogP contribution in [-0.4, -0.2) is 30.3 Å². The van der Waals surface area contributed by atoms with Crippen molar-refractivity contribution in [1.82, 2.24) is 4.90 Å². The minimum atomic E-state index is -0.216. The fourth-order valence-corrected chi connectivity index (χ4v) is 2.31. The number of fused-ring (bicyclic) bond motifs is 1. The molecule has 2 amide bonds. The standard InChI is InChI=1S/C15H20N2O2/c1-4-10(5-2)9-16-11-6-7-12-13(8-11)15(19)17(3)14(12)18/h6-8,10,16H,4-5,9H2,1-3H3. The third kappa shape index (κ3) is 2.48. The number of hydrogen-bond acceptors (Lipinski definition) is 3. The Balaban J connectivity index is 2.15. The topological polar surface area (TPSA) is 49.4 Å². The first kappa shape index (κ1) is 13.6. The molecule has 1 heterocycles. The van der Waals surface area contributed by atoms with Crippen LogP contribution in [0.15, 0.2) is 18.2 Å². The van der Waals surface area contributed by atoms with Crippen LogP contribution in [0.3, 0.4) is 0 Å². The molecule has 0 saturated carbocycles. The van der Waals surface area contributed by atoms with Gasteiger partial charge in [0.1, 0.15) is 0 Å². The van der Waals surface area contributed by atoms with E-state index < -0.39 is 0 Å². The normalized spacial score (nSPS) is 14.2. The maximum atomic E-state index is 11.9. The molecule has 0 aliphatic carbocycles. The van der Waals surface area contributed by atoms with E-state index in [1.165, 1.54) is 7.05 Å². The Morgan fingerprint density at radius 1 is 1.11 bits per heavy atom. The highest BCUT2D eigenvalue weighted by Crippen LogP contribution is 2.25. The maximum absolute atomic E-state index is 11.9. The number of carbonyl (C=O) groups is 2. The van der Waals surface area contributed by atoms with Gasteiger partial charge >= 0.3 is 0 Å². The molecule has 4 nitrogen and oxygen atoms in total. The number of amides is 2. The van der Waals surface area contributed by atoms with Gasteiger partial charge in [-0.2, -0.15) is 0 Å². The van der Waals surface area contributed by atoms with Crippen molar-refractivity contribution in [3.63, 3.8) is 0 Å². The van der Waals surface area contributed by atoms with Crippen LogP contribution in [0.1, 0.15) is 47.4 Å². The van der Waals surface area contributed by atoms with E-state index in [1.54, 1.807) is 12.1 Å². The van der Waals surface area contributed by atoms with Crippen LogP contribution in [0.2, 0.25) is 0 Å². The fourth-order valence-electron chi connectivity index (χ4n) is 2.31. The summed E-state index contributed by atoms with van der Waals surface area (Å²) in [5.74, 6) is 0.200. The van der Waals surface area contributed by atoms with Gasteiger partial charge in [-0.3, -0.25) is 14.5 Å². The van der Waals surface area contributed by atoms with Crippen LogP contribution < -0.4 is 5.32 Å². The molecule has 1 aromatic carbocycles. The lowest BCUT2D eigenvalue weighted by atomic mass is 10.0. The lowest BCUT2D eigenvalue weighted by Gasteiger charge is -2.14. The molecule has 0 radical (unpaired) electrons. The van der Waals surface area contributed by atoms with Crippen molar-refractivity contribution in [2.45, 2.75) is 26.7 Å². The molecular weight excluding hydrogens is 240 g/mol. The van der Waals surface area contributed by atoms with Gasteiger partial charge in [0, 0.05) is 19.3 Å². The summed E-state index contributed by atoms with van der Waals surface area (Å²) < 4.78 is 0. The third-order valence-electron chi connectivity index (χ3n) is 3.84. The second-order valence-electron chi connectivity index (χ2n) is 4.99. The van der Waals surface area contributed by atoms with Crippen molar-refractivity contribution < 1.29 is 9.59 Å². The molecule has 1 aliphatic heterocycles. The highest BCUT2D eigenvalue weighted by molar-refractivity contribution is 6.21. The van der Waals surface area contributed by atoms with Gasteiger partial charge in [-0.15, -0.1) is 0 Å². The van der Waals surface area contributed by atoms with Crippen LogP contribution in [0, 0.1) is 5.92 Å². The Hall–Kier alpha value is -1.84. The second kappa shape index (κ2) is 5.43. The largest absolute Gasteiger partial charge is 0.385 e. The first-order chi connectivity index (χ1) is 9.08. The second-order valence-corrected chi connectivity index (χ2v) is 4.99. The van der Waals surface area contributed by atoms with Crippen molar-refractivity contribution in [3.8, 4) is 0 Å². The highest BCUT2D eigenvalue weighted by Gasteiger charge is 2.32. The summed E-state index contributed by atoms with van der Waals surface area (Å²) in [4.78, 5) is 24.8. The van der Waals surface area contributed by atoms with Gasteiger partial charge in [0.15, 0.2) is 0 Å². The quantitative estimate of drug-likeness (QED) is 0.828. The number of hydrogen-bond donors (Lipinski definition) is 1. The average Bonchev–Trinajstić information content (AvgIpc) is 2.65. The van der Waals surface area contributed by atoms with E-state index in [0.29, 0.717) is 17.0 Å². The van der Waals surface area contributed by atoms with Gasteiger partial charge < -0.3 is 5.32 Å². The number of carbonyl (C=O) groups excluding carboxylic acids is 2. The van der Waals surface area contributed by atoms with Crippen LogP contribution in [0.4, 0.5) is 5.69 Å². The molecule has 0 saturated heterocycles. The zero-order valence-corrected chi connectivity index (χ0v) is 11.7. The van der Waals surface area contributed by atoms with Gasteiger partial charge in [-0.1, -0.05) is 26.7 Å². The Morgan fingerprint density at radius 3 is 2.37 bits per heavy atom. The molecule has 19 heavy (non-hydrogen) atoms. The van der Waals surface area contributed by atoms with Crippen LogP contribution in [-0.2, 0) is 0 Å². The predicted molar refractivity (Wildman–Crippen MR) is 75.4 cm³/mol. The van der Waals surface area contributed by atoms with Crippen molar-refractivity contribution in [2.24, 2.45) is 5.92 Å². The summed E-state index contributed by atoms with van der Waals surface area (Å²) in [7, 11) is 1.52. The van der Waals surface area contributed by atoms with Crippen molar-refractivity contribution in [1.29, 1.82) is 0 Å². The van der Waals surface area contributed by atoms with E-state index in [1.807, 2.05) is 6.07 Å². The molecule has 0 spiro atoms. The summed E-state index contributed by atoms with van der Waals surface area (Å²) >= 11 is 0. The summed E-state index contributed by atoms with van der Waals surface area (Å²) in [5.41, 5.74) is 1.91. The monoisotopic (exact) mass is 260 g/mol. The van der Waals surface area contributed by atoms with E-state index in [9.17, 15) is 9.59 Å². The molecule has 0 atom stereocenters. The zero-order valence-electron chi connectivity index (χ0n) is 11.7. The van der Waals surface area contributed by atoms with Gasteiger partial charge in [0.05, 0.1) is 11.1 Å². The van der Waals surface area contributed by atoms with Gasteiger partial charge in [-0.25, -0.2) is 0 Å². The number of rotatable bonds is 5. The Labute approximate surface area is 113 Å². The Kier molecular flexibility index (Phi) is 3.88. The first-order valence-electron chi connectivity index (χ1n) is 6.78. The van der Waals surface area contributed by atoms with Crippen LogP contribution in [0.25, 0.3) is 0 Å². The minimum Gasteiger partial charge on any atom is -0.385 e. The molecule has 1 N–H and O–H groups in total. The number of benzene rings is 1. The maximum Gasteiger partial charge on any atom is 0.261 e. The van der Waals surface area contributed by atoms with E-state index >= 15 is 0 Å². The van der Waals surface area contributed by atoms with E-state index in [-0.39, 0.29) is 11.8 Å². The Morgan fingerprint density at radius 2 is 1.74 bits per heavy atom. The molecule has 0 unspecified atom stereocenters. The first-order valence-corrected chi connectivity index (χ1v) is 6.78. The lowest BCUT2D eigenvalue weighted by Crippen LogP contribution is -2.24. The summed E-state index contributed by atoms with van der Waals surface area (Å²) in [5, 5.41) is 3.34. The molecule has 1 aliphatic rings. The number of imide groups is 1. The van der Waals surface area contributed by atoms with E-state index in [0.717, 1.165) is 30.0 Å². The molecule has 0 bridgehead atoms. The predicted octanol–water partition coefficient (Wildman–Crippen LogP) is 2.76. The fraction of sp³-hybridized carbons (Fsp3) is 0.467. The average molecular weight is 260 g/mol. The smallest absolute Gasteiger partial charge is 0.261 e. The van der Waals surface area contributed by atoms with Crippen molar-refractivity contribution >= 4 is 17.5 Å². The molecule has 2 rings (SSSR count). The molecular formula is C15H20N2O2. The molecule has 4 heteroatoms. The number of nitrogens with one attached hydrogen (secondary N) is 1. The number of anilines is 1. The number of nitrogens with zero attached hydrogens (tertiary/aromatic N) is 1. The summed E-state index contributed by atoms with van der Waals surface area (Å²) in [6.45, 7) is 5.25. The molecule has 0 fully saturated rings. The molecule has 102 valence electrons. The zero-order chi connectivity index (χ0) is 14.0.